The van der Waals surface area contributed by atoms with Gasteiger partial charge in [0.1, 0.15) is 6.54 Å². The lowest BCUT2D eigenvalue weighted by atomic mass is 10.1. The monoisotopic (exact) mass is 399 g/mol. The first-order chi connectivity index (χ1) is 14.0. The third-order valence-corrected chi connectivity index (χ3v) is 4.89. The molecule has 0 unspecified atom stereocenters. The SMILES string of the molecule is C[NH+](C)Cc1ccccc1CNC(=O)c1cc([N+](=O)[O-])ccc1N1CCOCC1. The van der Waals surface area contributed by atoms with Gasteiger partial charge < -0.3 is 19.9 Å². The van der Waals surface area contributed by atoms with Crippen molar-refractivity contribution in [2.75, 3.05) is 45.3 Å². The van der Waals surface area contributed by atoms with Crippen LogP contribution >= 0.6 is 0 Å². The summed E-state index contributed by atoms with van der Waals surface area (Å²) in [5.74, 6) is -0.317. The number of morpholine rings is 1. The first-order valence-electron chi connectivity index (χ1n) is 9.71. The highest BCUT2D eigenvalue weighted by atomic mass is 16.6. The van der Waals surface area contributed by atoms with Gasteiger partial charge >= 0.3 is 0 Å². The lowest BCUT2D eigenvalue weighted by molar-refractivity contribution is -0.872. The second-order valence-corrected chi connectivity index (χ2v) is 7.39. The number of carbonyl (C=O) groups is 1. The third kappa shape index (κ3) is 5.30. The van der Waals surface area contributed by atoms with Gasteiger partial charge in [-0.3, -0.25) is 14.9 Å². The number of anilines is 1. The van der Waals surface area contributed by atoms with Gasteiger partial charge in [-0.2, -0.15) is 0 Å². The Morgan fingerprint density at radius 2 is 1.86 bits per heavy atom. The van der Waals surface area contributed by atoms with Crippen molar-refractivity contribution >= 4 is 17.3 Å². The van der Waals surface area contributed by atoms with Crippen molar-refractivity contribution in [3.63, 3.8) is 0 Å². The highest BCUT2D eigenvalue weighted by Gasteiger charge is 2.22. The van der Waals surface area contributed by atoms with Crippen molar-refractivity contribution in [2.24, 2.45) is 0 Å². The van der Waals surface area contributed by atoms with E-state index >= 15 is 0 Å². The van der Waals surface area contributed by atoms with E-state index in [-0.39, 0.29) is 11.6 Å². The van der Waals surface area contributed by atoms with Gasteiger partial charge in [0.15, 0.2) is 0 Å². The van der Waals surface area contributed by atoms with Crippen LogP contribution in [0.1, 0.15) is 21.5 Å². The molecule has 3 rings (SSSR count). The van der Waals surface area contributed by atoms with Crippen LogP contribution in [0.2, 0.25) is 0 Å². The molecule has 0 aromatic heterocycles. The molecule has 2 aromatic carbocycles. The van der Waals surface area contributed by atoms with Crippen LogP contribution in [0.4, 0.5) is 11.4 Å². The molecule has 0 atom stereocenters. The fourth-order valence-corrected chi connectivity index (χ4v) is 3.45. The van der Waals surface area contributed by atoms with E-state index in [1.54, 1.807) is 6.07 Å². The molecule has 2 N–H and O–H groups in total. The summed E-state index contributed by atoms with van der Waals surface area (Å²) in [7, 11) is 4.15. The molecule has 8 heteroatoms. The van der Waals surface area contributed by atoms with Crippen molar-refractivity contribution in [3.05, 3.63) is 69.3 Å². The Labute approximate surface area is 170 Å². The predicted molar refractivity (Wildman–Crippen MR) is 110 cm³/mol. The molecule has 0 aliphatic carbocycles. The maximum atomic E-state index is 13.0. The standard InChI is InChI=1S/C21H26N4O4/c1-23(2)15-17-6-4-3-5-16(17)14-22-21(26)19-13-18(25(27)28)7-8-20(19)24-9-11-29-12-10-24/h3-8,13H,9-12,14-15H2,1-2H3,(H,22,26)/p+1. The number of benzene rings is 2. The van der Waals surface area contributed by atoms with E-state index in [0.29, 0.717) is 44.1 Å². The summed E-state index contributed by atoms with van der Waals surface area (Å²) in [4.78, 5) is 27.1. The number of amides is 1. The number of hydrogen-bond acceptors (Lipinski definition) is 5. The van der Waals surface area contributed by atoms with E-state index in [0.717, 1.165) is 12.1 Å². The van der Waals surface area contributed by atoms with Crippen LogP contribution in [0.15, 0.2) is 42.5 Å². The molecular formula is C21H27N4O4+. The number of nitrogens with one attached hydrogen (secondary N) is 2. The van der Waals surface area contributed by atoms with Crippen LogP contribution in [0.3, 0.4) is 0 Å². The van der Waals surface area contributed by atoms with E-state index in [1.165, 1.54) is 22.6 Å². The van der Waals surface area contributed by atoms with Gasteiger partial charge in [0.05, 0.1) is 43.5 Å². The number of quaternary nitrogens is 1. The van der Waals surface area contributed by atoms with Gasteiger partial charge in [-0.05, 0) is 11.6 Å². The smallest absolute Gasteiger partial charge is 0.270 e. The van der Waals surface area contributed by atoms with Gasteiger partial charge in [-0.15, -0.1) is 0 Å². The number of rotatable bonds is 7. The average Bonchev–Trinajstić information content (AvgIpc) is 2.72. The molecule has 0 saturated carbocycles. The van der Waals surface area contributed by atoms with Crippen LogP contribution in [0, 0.1) is 10.1 Å². The minimum atomic E-state index is -0.477. The Morgan fingerprint density at radius 1 is 1.17 bits per heavy atom. The largest absolute Gasteiger partial charge is 0.378 e. The van der Waals surface area contributed by atoms with Crippen molar-refractivity contribution in [2.45, 2.75) is 13.1 Å². The number of nitro groups is 1. The lowest BCUT2D eigenvalue weighted by Gasteiger charge is -2.30. The van der Waals surface area contributed by atoms with Crippen molar-refractivity contribution in [1.29, 1.82) is 0 Å². The summed E-state index contributed by atoms with van der Waals surface area (Å²) < 4.78 is 5.38. The molecule has 0 radical (unpaired) electrons. The van der Waals surface area contributed by atoms with Gasteiger partial charge in [0, 0.05) is 37.3 Å². The van der Waals surface area contributed by atoms with Crippen LogP contribution < -0.4 is 15.1 Å². The van der Waals surface area contributed by atoms with Crippen LogP contribution in [0.5, 0.6) is 0 Å². The summed E-state index contributed by atoms with van der Waals surface area (Å²) in [6, 6.07) is 12.4. The normalized spacial score (nSPS) is 14.1. The molecule has 1 aliphatic rings. The summed E-state index contributed by atoms with van der Waals surface area (Å²) in [5.41, 5.74) is 3.13. The fourth-order valence-electron chi connectivity index (χ4n) is 3.45. The Hall–Kier alpha value is -2.97. The zero-order chi connectivity index (χ0) is 20.8. The number of nitro benzene ring substituents is 1. The summed E-state index contributed by atoms with van der Waals surface area (Å²) >= 11 is 0. The molecule has 8 nitrogen and oxygen atoms in total. The molecule has 1 fully saturated rings. The van der Waals surface area contributed by atoms with Crippen LogP contribution in [-0.2, 0) is 17.8 Å². The molecule has 0 spiro atoms. The Kier molecular flexibility index (Phi) is 6.79. The first-order valence-corrected chi connectivity index (χ1v) is 9.71. The highest BCUT2D eigenvalue weighted by Crippen LogP contribution is 2.26. The van der Waals surface area contributed by atoms with Gasteiger partial charge in [-0.25, -0.2) is 0 Å². The van der Waals surface area contributed by atoms with E-state index < -0.39 is 4.92 Å². The molecule has 0 bridgehead atoms. The predicted octanol–water partition coefficient (Wildman–Crippen LogP) is 1.01. The Morgan fingerprint density at radius 3 is 2.52 bits per heavy atom. The zero-order valence-electron chi connectivity index (χ0n) is 16.8. The van der Waals surface area contributed by atoms with Crippen LogP contribution in [-0.4, -0.2) is 51.2 Å². The number of carbonyl (C=O) groups excluding carboxylic acids is 1. The lowest BCUT2D eigenvalue weighted by Crippen LogP contribution is -3.04. The summed E-state index contributed by atoms with van der Waals surface area (Å²) in [5, 5.41) is 14.2. The second kappa shape index (κ2) is 9.49. The summed E-state index contributed by atoms with van der Waals surface area (Å²) in [6.07, 6.45) is 0. The number of ether oxygens (including phenoxy) is 1. The molecule has 1 heterocycles. The maximum absolute atomic E-state index is 13.0. The van der Waals surface area contributed by atoms with Crippen molar-refractivity contribution in [3.8, 4) is 0 Å². The molecular weight excluding hydrogens is 372 g/mol. The minimum absolute atomic E-state index is 0.0937. The molecule has 2 aromatic rings. The first kappa shape index (κ1) is 20.8. The van der Waals surface area contributed by atoms with Crippen molar-refractivity contribution in [1.82, 2.24) is 5.32 Å². The van der Waals surface area contributed by atoms with E-state index in [2.05, 4.69) is 25.5 Å². The summed E-state index contributed by atoms with van der Waals surface area (Å²) in [6.45, 7) is 3.64. The fraction of sp³-hybridized carbons (Fsp3) is 0.381. The second-order valence-electron chi connectivity index (χ2n) is 7.39. The Balaban J connectivity index is 1.82. The quantitative estimate of drug-likeness (QED) is 0.536. The Bertz CT molecular complexity index is 879. The number of non-ortho nitro benzene ring substituents is 1. The molecule has 1 aliphatic heterocycles. The third-order valence-electron chi connectivity index (χ3n) is 4.89. The molecule has 154 valence electrons. The molecule has 1 saturated heterocycles. The average molecular weight is 399 g/mol. The topological polar surface area (TPSA) is 89.1 Å². The van der Waals surface area contributed by atoms with Gasteiger partial charge in [0.2, 0.25) is 0 Å². The molecule has 1 amide bonds. The maximum Gasteiger partial charge on any atom is 0.270 e. The van der Waals surface area contributed by atoms with Gasteiger partial charge in [0.25, 0.3) is 11.6 Å². The minimum Gasteiger partial charge on any atom is -0.378 e. The van der Waals surface area contributed by atoms with E-state index in [9.17, 15) is 14.9 Å². The van der Waals surface area contributed by atoms with E-state index in [4.69, 9.17) is 4.74 Å². The number of hydrogen-bond donors (Lipinski definition) is 2. The number of nitrogens with zero attached hydrogens (tertiary/aromatic N) is 2. The highest BCUT2D eigenvalue weighted by molar-refractivity contribution is 6.00. The van der Waals surface area contributed by atoms with Crippen LogP contribution in [0.25, 0.3) is 0 Å². The molecule has 29 heavy (non-hydrogen) atoms. The van der Waals surface area contributed by atoms with E-state index in [1.807, 2.05) is 23.1 Å². The van der Waals surface area contributed by atoms with Gasteiger partial charge in [-0.1, -0.05) is 24.3 Å². The zero-order valence-corrected chi connectivity index (χ0v) is 16.8. The van der Waals surface area contributed by atoms with Crippen molar-refractivity contribution < 1.29 is 19.4 Å².